The van der Waals surface area contributed by atoms with Crippen LogP contribution >= 0.6 is 23.8 Å². The SMILES string of the molecule is COc1c(-c2cc(Cl)n[nH]c2=S)ccc(C)c1C. The molecule has 2 rings (SSSR count). The third-order valence-corrected chi connectivity index (χ3v) is 3.45. The minimum atomic E-state index is 0.374. The van der Waals surface area contributed by atoms with Gasteiger partial charge in [0.05, 0.1) is 7.11 Å². The van der Waals surface area contributed by atoms with Crippen LogP contribution < -0.4 is 4.74 Å². The first kappa shape index (κ1) is 13.1. The quantitative estimate of drug-likeness (QED) is 0.842. The van der Waals surface area contributed by atoms with Gasteiger partial charge >= 0.3 is 0 Å². The number of benzene rings is 1. The largest absolute Gasteiger partial charge is 0.496 e. The van der Waals surface area contributed by atoms with Crippen LogP contribution in [0.5, 0.6) is 5.75 Å². The normalized spacial score (nSPS) is 10.4. The topological polar surface area (TPSA) is 37.9 Å². The number of aromatic amines is 1. The van der Waals surface area contributed by atoms with E-state index in [9.17, 15) is 0 Å². The summed E-state index contributed by atoms with van der Waals surface area (Å²) in [5, 5.41) is 6.96. The van der Waals surface area contributed by atoms with Gasteiger partial charge in [0.15, 0.2) is 0 Å². The average molecular weight is 281 g/mol. The highest BCUT2D eigenvalue weighted by Gasteiger charge is 2.12. The minimum Gasteiger partial charge on any atom is -0.496 e. The van der Waals surface area contributed by atoms with Crippen molar-refractivity contribution >= 4 is 23.8 Å². The molecule has 0 aliphatic rings. The third-order valence-electron chi connectivity index (χ3n) is 2.94. The van der Waals surface area contributed by atoms with Gasteiger partial charge in [-0.15, -0.1) is 0 Å². The molecule has 0 spiro atoms. The number of ether oxygens (including phenoxy) is 1. The minimum absolute atomic E-state index is 0.374. The van der Waals surface area contributed by atoms with Crippen LogP contribution in [-0.2, 0) is 0 Å². The molecule has 94 valence electrons. The van der Waals surface area contributed by atoms with Crippen molar-refractivity contribution in [1.29, 1.82) is 0 Å². The summed E-state index contributed by atoms with van der Waals surface area (Å²) in [6.45, 7) is 4.06. The van der Waals surface area contributed by atoms with Crippen LogP contribution in [-0.4, -0.2) is 17.3 Å². The Bertz CT molecular complexity index is 652. The van der Waals surface area contributed by atoms with Gasteiger partial charge in [0.25, 0.3) is 0 Å². The van der Waals surface area contributed by atoms with E-state index in [1.807, 2.05) is 26.0 Å². The van der Waals surface area contributed by atoms with Gasteiger partial charge in [-0.1, -0.05) is 36.0 Å². The van der Waals surface area contributed by atoms with Crippen LogP contribution in [0.15, 0.2) is 18.2 Å². The van der Waals surface area contributed by atoms with Crippen molar-refractivity contribution in [2.24, 2.45) is 0 Å². The first-order valence-corrected chi connectivity index (χ1v) is 6.23. The van der Waals surface area contributed by atoms with Gasteiger partial charge in [-0.2, -0.15) is 5.10 Å². The molecule has 0 bridgehead atoms. The maximum absolute atomic E-state index is 5.90. The predicted octanol–water partition coefficient (Wildman–Crippen LogP) is 4.09. The molecule has 0 amide bonds. The van der Waals surface area contributed by atoms with Crippen molar-refractivity contribution in [3.05, 3.63) is 39.1 Å². The molecule has 0 radical (unpaired) electrons. The number of nitrogens with one attached hydrogen (secondary N) is 1. The molecule has 18 heavy (non-hydrogen) atoms. The standard InChI is InChI=1S/C13H13ClN2OS/c1-7-4-5-9(12(17-3)8(7)2)10-6-11(14)15-16-13(10)18/h4-6H,1-3H3,(H,16,18). The van der Waals surface area contributed by atoms with Gasteiger partial charge in [-0.3, -0.25) is 5.10 Å². The second-order valence-electron chi connectivity index (χ2n) is 4.02. The summed E-state index contributed by atoms with van der Waals surface area (Å²) in [7, 11) is 1.65. The fourth-order valence-electron chi connectivity index (χ4n) is 1.85. The maximum Gasteiger partial charge on any atom is 0.150 e. The number of halogens is 1. The molecule has 1 aromatic carbocycles. The van der Waals surface area contributed by atoms with Crippen LogP contribution in [0.25, 0.3) is 11.1 Å². The van der Waals surface area contributed by atoms with Crippen LogP contribution in [0.2, 0.25) is 5.15 Å². The summed E-state index contributed by atoms with van der Waals surface area (Å²) < 4.78 is 6.03. The van der Waals surface area contributed by atoms with E-state index >= 15 is 0 Å². The van der Waals surface area contributed by atoms with Gasteiger partial charge < -0.3 is 4.74 Å². The lowest BCUT2D eigenvalue weighted by Crippen LogP contribution is -1.95. The van der Waals surface area contributed by atoms with E-state index in [-0.39, 0.29) is 0 Å². The monoisotopic (exact) mass is 280 g/mol. The zero-order valence-corrected chi connectivity index (χ0v) is 11.9. The highest BCUT2D eigenvalue weighted by atomic mass is 35.5. The van der Waals surface area contributed by atoms with Crippen LogP contribution in [0, 0.1) is 18.5 Å². The second-order valence-corrected chi connectivity index (χ2v) is 4.82. The number of aryl methyl sites for hydroxylation is 1. The van der Waals surface area contributed by atoms with E-state index in [1.165, 1.54) is 5.56 Å². The molecule has 0 unspecified atom stereocenters. The lowest BCUT2D eigenvalue weighted by atomic mass is 10.00. The number of methoxy groups -OCH3 is 1. The molecular formula is C13H13ClN2OS. The van der Waals surface area contributed by atoms with Crippen molar-refractivity contribution in [2.45, 2.75) is 13.8 Å². The summed E-state index contributed by atoms with van der Waals surface area (Å²) in [4.78, 5) is 0. The fraction of sp³-hybridized carbons (Fsp3) is 0.231. The van der Waals surface area contributed by atoms with E-state index < -0.39 is 0 Å². The lowest BCUT2D eigenvalue weighted by molar-refractivity contribution is 0.413. The highest BCUT2D eigenvalue weighted by molar-refractivity contribution is 7.71. The smallest absolute Gasteiger partial charge is 0.150 e. The lowest BCUT2D eigenvalue weighted by Gasteiger charge is -2.13. The Labute approximate surface area is 116 Å². The molecule has 1 N–H and O–H groups in total. The molecule has 5 heteroatoms. The van der Waals surface area contributed by atoms with Crippen molar-refractivity contribution in [1.82, 2.24) is 10.2 Å². The molecular weight excluding hydrogens is 268 g/mol. The second kappa shape index (κ2) is 5.08. The molecule has 0 fully saturated rings. The van der Waals surface area contributed by atoms with Crippen LogP contribution in [0.1, 0.15) is 11.1 Å². The van der Waals surface area contributed by atoms with Crippen molar-refractivity contribution in [2.75, 3.05) is 7.11 Å². The molecule has 0 aliphatic carbocycles. The number of aromatic nitrogens is 2. The molecule has 1 aromatic heterocycles. The zero-order valence-electron chi connectivity index (χ0n) is 10.4. The van der Waals surface area contributed by atoms with Gasteiger partial charge in [0.1, 0.15) is 15.5 Å². The van der Waals surface area contributed by atoms with E-state index in [0.29, 0.717) is 9.79 Å². The van der Waals surface area contributed by atoms with Gasteiger partial charge in [0.2, 0.25) is 0 Å². The third kappa shape index (κ3) is 2.26. The van der Waals surface area contributed by atoms with Crippen molar-refractivity contribution < 1.29 is 4.74 Å². The Hall–Kier alpha value is -1.39. The fourth-order valence-corrected chi connectivity index (χ4v) is 2.21. The Kier molecular flexibility index (Phi) is 3.68. The first-order valence-electron chi connectivity index (χ1n) is 5.44. The number of hydrogen-bond acceptors (Lipinski definition) is 3. The summed E-state index contributed by atoms with van der Waals surface area (Å²) in [5.74, 6) is 0.816. The number of nitrogens with zero attached hydrogens (tertiary/aromatic N) is 1. The Balaban J connectivity index is 2.75. The van der Waals surface area contributed by atoms with E-state index in [2.05, 4.69) is 10.2 Å². The average Bonchev–Trinajstić information content (AvgIpc) is 2.35. The predicted molar refractivity (Wildman–Crippen MR) is 75.9 cm³/mol. The van der Waals surface area contributed by atoms with E-state index in [1.54, 1.807) is 13.2 Å². The Morgan fingerprint density at radius 3 is 2.67 bits per heavy atom. The molecule has 0 saturated heterocycles. The van der Waals surface area contributed by atoms with Crippen LogP contribution in [0.4, 0.5) is 0 Å². The van der Waals surface area contributed by atoms with Crippen LogP contribution in [0.3, 0.4) is 0 Å². The summed E-state index contributed by atoms with van der Waals surface area (Å²) >= 11 is 11.1. The number of rotatable bonds is 2. The number of hydrogen-bond donors (Lipinski definition) is 1. The molecule has 0 atom stereocenters. The summed E-state index contributed by atoms with van der Waals surface area (Å²) in [6.07, 6.45) is 0. The van der Waals surface area contributed by atoms with Gasteiger partial charge in [-0.05, 0) is 31.0 Å². The number of H-pyrrole nitrogens is 1. The Morgan fingerprint density at radius 1 is 1.28 bits per heavy atom. The van der Waals surface area contributed by atoms with Crippen molar-refractivity contribution in [3.63, 3.8) is 0 Å². The van der Waals surface area contributed by atoms with Crippen molar-refractivity contribution in [3.8, 4) is 16.9 Å². The van der Waals surface area contributed by atoms with E-state index in [0.717, 1.165) is 22.4 Å². The zero-order chi connectivity index (χ0) is 13.3. The Morgan fingerprint density at radius 2 is 2.00 bits per heavy atom. The van der Waals surface area contributed by atoms with Gasteiger partial charge in [-0.25, -0.2) is 0 Å². The molecule has 1 heterocycles. The summed E-state index contributed by atoms with van der Waals surface area (Å²) in [5.41, 5.74) is 4.01. The molecule has 0 aliphatic heterocycles. The summed E-state index contributed by atoms with van der Waals surface area (Å²) in [6, 6.07) is 5.76. The molecule has 0 saturated carbocycles. The van der Waals surface area contributed by atoms with E-state index in [4.69, 9.17) is 28.6 Å². The molecule has 2 aromatic rings. The maximum atomic E-state index is 5.90. The van der Waals surface area contributed by atoms with Gasteiger partial charge in [0, 0.05) is 11.1 Å². The highest BCUT2D eigenvalue weighted by Crippen LogP contribution is 2.35. The molecule has 3 nitrogen and oxygen atoms in total. The first-order chi connectivity index (χ1) is 8.54.